The Kier molecular flexibility index (Phi) is 13.5. The molecule has 9 rings (SSSR count). The van der Waals surface area contributed by atoms with E-state index in [0.29, 0.717) is 33.2 Å². The van der Waals surface area contributed by atoms with Crippen molar-refractivity contribution in [2.75, 3.05) is 0 Å². The summed E-state index contributed by atoms with van der Waals surface area (Å²) in [5.74, 6) is 0. The zero-order chi connectivity index (χ0) is 47.4. The highest BCUT2D eigenvalue weighted by molar-refractivity contribution is 7.40. The summed E-state index contributed by atoms with van der Waals surface area (Å²) in [6.07, 6.45) is 0. The van der Waals surface area contributed by atoms with Crippen LogP contribution in [0, 0.1) is 0 Å². The number of hydrogen-bond acceptors (Lipinski definition) is 3. The van der Waals surface area contributed by atoms with E-state index in [0.717, 1.165) is 0 Å². The molecular formula is C62H68S3Si2. The lowest BCUT2D eigenvalue weighted by atomic mass is 9.91. The van der Waals surface area contributed by atoms with Gasteiger partial charge in [-0.2, -0.15) is 0 Å². The molecule has 0 nitrogen and oxygen atoms in total. The summed E-state index contributed by atoms with van der Waals surface area (Å²) in [6.45, 7) is 30.0. The van der Waals surface area contributed by atoms with Crippen molar-refractivity contribution in [3.05, 3.63) is 158 Å². The Morgan fingerprint density at radius 3 is 0.761 bits per heavy atom. The molecule has 67 heavy (non-hydrogen) atoms. The smallest absolute Gasteiger partial charge is 0.0943 e. The van der Waals surface area contributed by atoms with Gasteiger partial charge in [0.15, 0.2) is 0 Å². The molecule has 3 heterocycles. The number of thiophene rings is 3. The molecule has 0 amide bonds. The van der Waals surface area contributed by atoms with Crippen LogP contribution >= 0.6 is 34.0 Å². The first-order valence-electron chi connectivity index (χ1n) is 24.7. The van der Waals surface area contributed by atoms with Crippen molar-refractivity contribution in [3.63, 3.8) is 0 Å². The summed E-state index contributed by atoms with van der Waals surface area (Å²) < 4.78 is 5.59. The fraction of sp³-hybridized carbons (Fsp3) is 0.290. The van der Waals surface area contributed by atoms with Crippen molar-refractivity contribution >= 4 is 79.3 Å². The minimum atomic E-state index is -2.02. The predicted molar refractivity (Wildman–Crippen MR) is 309 cm³/mol. The van der Waals surface area contributed by atoms with Crippen molar-refractivity contribution in [3.8, 4) is 65.4 Å². The normalized spacial score (nSPS) is 12.7. The molecule has 0 unspecified atom stereocenters. The second-order valence-corrected chi connectivity index (χ2v) is 35.9. The molecule has 342 valence electrons. The molecule has 6 aromatic carbocycles. The average Bonchev–Trinajstić information content (AvgIpc) is 4.01. The summed E-state index contributed by atoms with van der Waals surface area (Å²) in [6, 6.07) is 60.6. The van der Waals surface area contributed by atoms with Gasteiger partial charge < -0.3 is 0 Å². The van der Waals surface area contributed by atoms with Gasteiger partial charge in [0.25, 0.3) is 0 Å². The molecule has 0 radical (unpaired) electrons. The minimum absolute atomic E-state index is 0.602. The van der Waals surface area contributed by atoms with Crippen LogP contribution in [0.2, 0.25) is 33.2 Å². The highest BCUT2D eigenvalue weighted by atomic mass is 32.1. The van der Waals surface area contributed by atoms with E-state index in [2.05, 4.69) is 241 Å². The number of fused-ring (bicyclic) bond motifs is 3. The van der Waals surface area contributed by atoms with Crippen molar-refractivity contribution < 1.29 is 0 Å². The Balaban J connectivity index is 1.31. The summed E-state index contributed by atoms with van der Waals surface area (Å²) in [5, 5.41) is 3.17. The predicted octanol–water partition coefficient (Wildman–Crippen LogP) is 20.0. The monoisotopic (exact) mass is 964 g/mol. The molecule has 9 aromatic rings. The van der Waals surface area contributed by atoms with Gasteiger partial charge >= 0.3 is 0 Å². The quantitative estimate of drug-likeness (QED) is 0.0953. The second kappa shape index (κ2) is 19.0. The maximum Gasteiger partial charge on any atom is 0.0943 e. The van der Waals surface area contributed by atoms with E-state index < -0.39 is 16.1 Å². The fourth-order valence-corrected chi connectivity index (χ4v) is 31.0. The van der Waals surface area contributed by atoms with Crippen LogP contribution in [-0.4, -0.2) is 16.1 Å². The summed E-state index contributed by atoms with van der Waals surface area (Å²) in [4.78, 5) is 2.70. The highest BCUT2D eigenvalue weighted by Crippen LogP contribution is 2.54. The van der Waals surface area contributed by atoms with E-state index in [9.17, 15) is 0 Å². The van der Waals surface area contributed by atoms with Crippen LogP contribution in [0.5, 0.6) is 0 Å². The van der Waals surface area contributed by atoms with Crippen LogP contribution in [0.15, 0.2) is 158 Å². The van der Waals surface area contributed by atoms with Gasteiger partial charge in [0.2, 0.25) is 0 Å². The first-order valence-corrected chi connectivity index (χ1v) is 31.7. The van der Waals surface area contributed by atoms with Gasteiger partial charge in [-0.15, -0.1) is 34.0 Å². The molecule has 0 bridgehead atoms. The van der Waals surface area contributed by atoms with Gasteiger partial charge in [0.05, 0.1) is 25.5 Å². The molecule has 0 aliphatic rings. The average molecular weight is 966 g/mol. The van der Waals surface area contributed by atoms with E-state index >= 15 is 0 Å². The van der Waals surface area contributed by atoms with E-state index in [4.69, 9.17) is 0 Å². The molecule has 3 aromatic heterocycles. The Hall–Kier alpha value is -4.63. The lowest BCUT2D eigenvalue weighted by Gasteiger charge is -2.44. The van der Waals surface area contributed by atoms with E-state index in [1.807, 2.05) is 34.0 Å². The second-order valence-electron chi connectivity index (χ2n) is 20.9. The fourth-order valence-electron chi connectivity index (χ4n) is 13.3. The summed E-state index contributed by atoms with van der Waals surface area (Å²) >= 11 is 5.97. The molecule has 0 N–H and O–H groups in total. The molecule has 5 heteroatoms. The Labute approximate surface area is 415 Å². The van der Waals surface area contributed by atoms with Crippen molar-refractivity contribution in [2.24, 2.45) is 0 Å². The molecule has 0 atom stereocenters. The van der Waals surface area contributed by atoms with Crippen LogP contribution in [-0.2, 0) is 0 Å². The summed E-state index contributed by atoms with van der Waals surface area (Å²) in [7, 11) is -4.04. The molecule has 0 aliphatic heterocycles. The number of rotatable bonds is 14. The zero-order valence-electron chi connectivity index (χ0n) is 41.7. The largest absolute Gasteiger partial charge is 0.133 e. The van der Waals surface area contributed by atoms with Crippen LogP contribution < -0.4 is 10.4 Å². The zero-order valence-corrected chi connectivity index (χ0v) is 46.1. The van der Waals surface area contributed by atoms with Crippen LogP contribution in [0.1, 0.15) is 83.1 Å². The SMILES string of the molecule is CC(C)[Si](c1cc(-c2ccccc2)c(-c2cc3sc4cc(-c5c(-c6ccccc6)cc([Si](C(C)C)(C(C)C)C(C)C)cc5-c5ccccc5)sc4c3s2)c(-c2ccccc2)c1)(C(C)C)C(C)C. The lowest BCUT2D eigenvalue weighted by molar-refractivity contribution is 0.835. The first kappa shape index (κ1) is 47.4. The maximum absolute atomic E-state index is 2.64. The van der Waals surface area contributed by atoms with Gasteiger partial charge in [0, 0.05) is 30.3 Å². The Bertz CT molecular complexity index is 2750. The van der Waals surface area contributed by atoms with E-state index in [1.165, 1.54) is 84.2 Å². The number of hydrogen-bond donors (Lipinski definition) is 0. The van der Waals surface area contributed by atoms with Gasteiger partial charge in [-0.1, -0.05) is 239 Å². The van der Waals surface area contributed by atoms with Gasteiger partial charge in [0.1, 0.15) is 0 Å². The first-order chi connectivity index (χ1) is 32.2. The van der Waals surface area contributed by atoms with Crippen LogP contribution in [0.3, 0.4) is 0 Å². The molecule has 0 saturated heterocycles. The molecule has 0 fully saturated rings. The van der Waals surface area contributed by atoms with Crippen molar-refractivity contribution in [2.45, 2.75) is 116 Å². The van der Waals surface area contributed by atoms with E-state index in [1.54, 1.807) is 10.4 Å². The third-order valence-electron chi connectivity index (χ3n) is 15.7. The highest BCUT2D eigenvalue weighted by Gasteiger charge is 2.46. The molecule has 0 aliphatic carbocycles. The van der Waals surface area contributed by atoms with Gasteiger partial charge in [-0.05, 0) is 89.9 Å². The standard InChI is InChI=1S/C62H68S3Si2/c1-39(2)66(40(3)4,41(5)6)49-33-51(45-25-17-13-18-26-45)59(52(34-49)46-27-19-14-20-28-46)55-37-57-61(64-55)62-58(63-57)38-56(65-62)60-53(47-29-21-15-22-30-47)35-50(36-54(60)48-31-23-16-24-32-48)67(42(7)8,43(9)10)44(11)12/h13-44H,1-12H3. The van der Waals surface area contributed by atoms with E-state index in [-0.39, 0.29) is 0 Å². The molecule has 0 spiro atoms. The minimum Gasteiger partial charge on any atom is -0.133 e. The third-order valence-corrected chi connectivity index (χ3v) is 33.5. The van der Waals surface area contributed by atoms with Gasteiger partial charge in [-0.3, -0.25) is 0 Å². The third kappa shape index (κ3) is 8.11. The Morgan fingerprint density at radius 1 is 0.299 bits per heavy atom. The van der Waals surface area contributed by atoms with Crippen LogP contribution in [0.25, 0.3) is 84.2 Å². The number of benzene rings is 6. The van der Waals surface area contributed by atoms with Crippen molar-refractivity contribution in [1.82, 2.24) is 0 Å². The van der Waals surface area contributed by atoms with Crippen LogP contribution in [0.4, 0.5) is 0 Å². The summed E-state index contributed by atoms with van der Waals surface area (Å²) in [5.41, 5.74) is 16.9. The lowest BCUT2D eigenvalue weighted by Crippen LogP contribution is -2.55. The maximum atomic E-state index is 2.64. The molecule has 0 saturated carbocycles. The molecular weight excluding hydrogens is 897 g/mol. The Morgan fingerprint density at radius 2 is 0.537 bits per heavy atom. The van der Waals surface area contributed by atoms with Gasteiger partial charge in [-0.25, -0.2) is 0 Å². The van der Waals surface area contributed by atoms with Crippen molar-refractivity contribution in [1.29, 1.82) is 0 Å². The topological polar surface area (TPSA) is 0 Å².